The third kappa shape index (κ3) is 2.77. The molecule has 0 atom stereocenters. The summed E-state index contributed by atoms with van der Waals surface area (Å²) in [6.07, 6.45) is 0. The highest BCUT2D eigenvalue weighted by atomic mass is 79.9. The van der Waals surface area contributed by atoms with Gasteiger partial charge >= 0.3 is 0 Å². The molecule has 16 heavy (non-hydrogen) atoms. The van der Waals surface area contributed by atoms with Crippen LogP contribution in [0.25, 0.3) is 0 Å². The van der Waals surface area contributed by atoms with Gasteiger partial charge in [-0.05, 0) is 29.8 Å². The molecule has 0 amide bonds. The molecule has 2 rings (SSSR count). The zero-order valence-corrected chi connectivity index (χ0v) is 10.8. The maximum absolute atomic E-state index is 6.00. The Balaban J connectivity index is 2.18. The second-order valence-corrected chi connectivity index (χ2v) is 4.28. The zero-order valence-electron chi connectivity index (χ0n) is 8.49. The van der Waals surface area contributed by atoms with Crippen LogP contribution in [0.15, 0.2) is 48.5 Å². The maximum Gasteiger partial charge on any atom is 0.146 e. The molecule has 3 heteroatoms. The van der Waals surface area contributed by atoms with E-state index in [1.807, 2.05) is 48.5 Å². The van der Waals surface area contributed by atoms with Crippen molar-refractivity contribution >= 4 is 27.5 Å². The molecule has 0 N–H and O–H groups in total. The smallest absolute Gasteiger partial charge is 0.146 e. The summed E-state index contributed by atoms with van der Waals surface area (Å²) < 4.78 is 5.66. The Kier molecular flexibility index (Phi) is 3.86. The second kappa shape index (κ2) is 5.37. The van der Waals surface area contributed by atoms with E-state index in [0.29, 0.717) is 10.8 Å². The van der Waals surface area contributed by atoms with Crippen LogP contribution in [0.2, 0.25) is 5.02 Å². The van der Waals surface area contributed by atoms with E-state index in [4.69, 9.17) is 16.3 Å². The molecule has 0 bridgehead atoms. The molecule has 82 valence electrons. The minimum Gasteiger partial charge on any atom is -0.456 e. The van der Waals surface area contributed by atoms with Gasteiger partial charge in [-0.2, -0.15) is 0 Å². The fourth-order valence-electron chi connectivity index (χ4n) is 1.30. The Morgan fingerprint density at radius 3 is 2.31 bits per heavy atom. The number of rotatable bonds is 3. The first kappa shape index (κ1) is 11.5. The summed E-state index contributed by atoms with van der Waals surface area (Å²) in [5, 5.41) is 1.46. The van der Waals surface area contributed by atoms with Crippen molar-refractivity contribution in [3.8, 4) is 11.5 Å². The number of hydrogen-bond acceptors (Lipinski definition) is 1. The maximum atomic E-state index is 6.00. The highest BCUT2D eigenvalue weighted by molar-refractivity contribution is 9.08. The number of para-hydroxylation sites is 1. The number of hydrogen-bond donors (Lipinski definition) is 0. The molecule has 0 fully saturated rings. The Morgan fingerprint density at radius 2 is 1.69 bits per heavy atom. The van der Waals surface area contributed by atoms with Crippen LogP contribution in [0.5, 0.6) is 11.5 Å². The fourth-order valence-corrected chi connectivity index (χ4v) is 1.85. The fraction of sp³-hybridized carbons (Fsp3) is 0.0769. The molecule has 0 spiro atoms. The Bertz CT molecular complexity index is 468. The van der Waals surface area contributed by atoms with E-state index in [2.05, 4.69) is 15.9 Å². The van der Waals surface area contributed by atoms with E-state index < -0.39 is 0 Å². The Hall–Kier alpha value is -0.990. The zero-order chi connectivity index (χ0) is 11.4. The molecular weight excluding hydrogens is 287 g/mol. The van der Waals surface area contributed by atoms with E-state index in [-0.39, 0.29) is 0 Å². The lowest BCUT2D eigenvalue weighted by Crippen LogP contribution is -1.85. The van der Waals surface area contributed by atoms with Gasteiger partial charge in [0, 0.05) is 5.33 Å². The van der Waals surface area contributed by atoms with Gasteiger partial charge < -0.3 is 4.74 Å². The standard InChI is InChI=1S/C13H10BrClO/c14-9-10-5-7-11(8-6-10)16-13-4-2-1-3-12(13)15/h1-8H,9H2. The number of alkyl halides is 1. The number of halogens is 2. The molecular formula is C13H10BrClO. The summed E-state index contributed by atoms with van der Waals surface area (Å²) in [6.45, 7) is 0. The molecule has 0 aliphatic carbocycles. The van der Waals surface area contributed by atoms with Crippen LogP contribution in [-0.2, 0) is 5.33 Å². The lowest BCUT2D eigenvalue weighted by Gasteiger charge is -2.07. The predicted molar refractivity (Wildman–Crippen MR) is 70.6 cm³/mol. The van der Waals surface area contributed by atoms with Crippen molar-refractivity contribution in [3.05, 3.63) is 59.1 Å². The van der Waals surface area contributed by atoms with Crippen LogP contribution in [0.4, 0.5) is 0 Å². The van der Waals surface area contributed by atoms with Gasteiger partial charge in [0.25, 0.3) is 0 Å². The average Bonchev–Trinajstić information content (AvgIpc) is 2.33. The molecule has 0 aromatic heterocycles. The summed E-state index contributed by atoms with van der Waals surface area (Å²) in [5.74, 6) is 1.47. The van der Waals surface area contributed by atoms with Gasteiger partial charge in [0.1, 0.15) is 11.5 Å². The molecule has 2 aromatic carbocycles. The average molecular weight is 298 g/mol. The van der Waals surface area contributed by atoms with Crippen molar-refractivity contribution in [2.75, 3.05) is 0 Å². The minimum absolute atomic E-state index is 0.618. The molecule has 2 aromatic rings. The van der Waals surface area contributed by atoms with E-state index in [1.165, 1.54) is 5.56 Å². The largest absolute Gasteiger partial charge is 0.456 e. The van der Waals surface area contributed by atoms with E-state index in [9.17, 15) is 0 Å². The van der Waals surface area contributed by atoms with E-state index in [1.54, 1.807) is 0 Å². The van der Waals surface area contributed by atoms with Gasteiger partial charge in [0.15, 0.2) is 0 Å². The monoisotopic (exact) mass is 296 g/mol. The van der Waals surface area contributed by atoms with Crippen molar-refractivity contribution in [2.24, 2.45) is 0 Å². The molecule has 1 nitrogen and oxygen atoms in total. The van der Waals surface area contributed by atoms with Gasteiger partial charge in [0.05, 0.1) is 5.02 Å². The second-order valence-electron chi connectivity index (χ2n) is 3.31. The third-order valence-electron chi connectivity index (χ3n) is 2.14. The van der Waals surface area contributed by atoms with E-state index >= 15 is 0 Å². The lowest BCUT2D eigenvalue weighted by molar-refractivity contribution is 0.483. The van der Waals surface area contributed by atoms with Gasteiger partial charge in [-0.15, -0.1) is 0 Å². The number of ether oxygens (including phenoxy) is 1. The van der Waals surface area contributed by atoms with Crippen LogP contribution < -0.4 is 4.74 Å². The van der Waals surface area contributed by atoms with Crippen LogP contribution >= 0.6 is 27.5 Å². The summed E-state index contributed by atoms with van der Waals surface area (Å²) >= 11 is 9.40. The molecule has 0 saturated carbocycles. The summed E-state index contributed by atoms with van der Waals surface area (Å²) in [6, 6.07) is 15.3. The Morgan fingerprint density at radius 1 is 1.00 bits per heavy atom. The van der Waals surface area contributed by atoms with Crippen LogP contribution in [0.3, 0.4) is 0 Å². The van der Waals surface area contributed by atoms with Crippen molar-refractivity contribution < 1.29 is 4.74 Å². The summed E-state index contributed by atoms with van der Waals surface area (Å²) in [4.78, 5) is 0. The number of benzene rings is 2. The van der Waals surface area contributed by atoms with Gasteiger partial charge in [-0.3, -0.25) is 0 Å². The molecule has 0 unspecified atom stereocenters. The summed E-state index contributed by atoms with van der Waals surface area (Å²) in [7, 11) is 0. The van der Waals surface area contributed by atoms with Crippen LogP contribution in [-0.4, -0.2) is 0 Å². The lowest BCUT2D eigenvalue weighted by atomic mass is 10.2. The van der Waals surface area contributed by atoms with Crippen molar-refractivity contribution in [2.45, 2.75) is 5.33 Å². The third-order valence-corrected chi connectivity index (χ3v) is 3.10. The summed E-state index contributed by atoms with van der Waals surface area (Å²) in [5.41, 5.74) is 1.21. The van der Waals surface area contributed by atoms with Crippen molar-refractivity contribution in [1.29, 1.82) is 0 Å². The molecule has 0 aliphatic heterocycles. The van der Waals surface area contributed by atoms with Crippen LogP contribution in [0.1, 0.15) is 5.56 Å². The SMILES string of the molecule is Clc1ccccc1Oc1ccc(CBr)cc1. The highest BCUT2D eigenvalue weighted by Crippen LogP contribution is 2.28. The van der Waals surface area contributed by atoms with Crippen molar-refractivity contribution in [1.82, 2.24) is 0 Å². The highest BCUT2D eigenvalue weighted by Gasteiger charge is 2.01. The van der Waals surface area contributed by atoms with Gasteiger partial charge in [-0.25, -0.2) is 0 Å². The predicted octanol–water partition coefficient (Wildman–Crippen LogP) is 5.03. The molecule has 0 aliphatic rings. The molecule has 0 saturated heterocycles. The topological polar surface area (TPSA) is 9.23 Å². The van der Waals surface area contributed by atoms with Crippen molar-refractivity contribution in [3.63, 3.8) is 0 Å². The molecule has 0 heterocycles. The minimum atomic E-state index is 0.618. The first-order valence-corrected chi connectivity index (χ1v) is 6.37. The van der Waals surface area contributed by atoms with Gasteiger partial charge in [-0.1, -0.05) is 51.8 Å². The quantitative estimate of drug-likeness (QED) is 0.722. The van der Waals surface area contributed by atoms with Gasteiger partial charge in [0.2, 0.25) is 0 Å². The first-order valence-electron chi connectivity index (χ1n) is 4.87. The normalized spacial score (nSPS) is 10.1. The first-order chi connectivity index (χ1) is 7.79. The van der Waals surface area contributed by atoms with E-state index in [0.717, 1.165) is 11.1 Å². The van der Waals surface area contributed by atoms with Crippen LogP contribution in [0, 0.1) is 0 Å². The molecule has 0 radical (unpaired) electrons. The Labute approximate surface area is 108 Å².